The zero-order valence-corrected chi connectivity index (χ0v) is 8.86. The van der Waals surface area contributed by atoms with Crippen LogP contribution >= 0.6 is 0 Å². The van der Waals surface area contributed by atoms with E-state index >= 15 is 0 Å². The molecule has 3 N–H and O–H groups in total. The van der Waals surface area contributed by atoms with E-state index < -0.39 is 23.5 Å². The molecule has 0 amide bonds. The predicted octanol–water partition coefficient (Wildman–Crippen LogP) is 2.57. The molecule has 0 radical (unpaired) electrons. The van der Waals surface area contributed by atoms with Gasteiger partial charge in [-0.15, -0.1) is 6.58 Å². The Hall–Kier alpha value is -1.33. The summed E-state index contributed by atoms with van der Waals surface area (Å²) >= 11 is 0. The second-order valence-electron chi connectivity index (χ2n) is 3.65. The lowest BCUT2D eigenvalue weighted by Gasteiger charge is -2.17. The minimum atomic E-state index is -1.49. The Bertz CT molecular complexity index is 404. The fraction of sp³-hybridized carbons (Fsp3) is 0.273. The molecule has 0 aromatic heterocycles. The number of nitrogens with two attached hydrogens (primary N) is 1. The average Bonchev–Trinajstić information content (AvgIpc) is 2.23. The first kappa shape index (κ1) is 12.7. The Morgan fingerprint density at radius 2 is 2.00 bits per heavy atom. The molecule has 88 valence electrons. The first-order chi connectivity index (χ1) is 7.47. The van der Waals surface area contributed by atoms with E-state index in [9.17, 15) is 13.2 Å². The van der Waals surface area contributed by atoms with Gasteiger partial charge < -0.3 is 0 Å². The summed E-state index contributed by atoms with van der Waals surface area (Å²) in [4.78, 5) is 0. The standard InChI is InChI=1S/C11H13F3N2/c1-6(2)5-9(16-15)7-3-4-8(12)11(14)10(7)13/h3-4,9,16H,1,5,15H2,2H3. The molecular formula is C11H13F3N2. The van der Waals surface area contributed by atoms with Crippen LogP contribution < -0.4 is 11.3 Å². The molecule has 1 unspecified atom stereocenters. The number of halogens is 3. The van der Waals surface area contributed by atoms with Gasteiger partial charge in [0.25, 0.3) is 0 Å². The zero-order chi connectivity index (χ0) is 12.3. The third kappa shape index (κ3) is 2.62. The van der Waals surface area contributed by atoms with Crippen molar-refractivity contribution in [3.8, 4) is 0 Å². The van der Waals surface area contributed by atoms with Crippen molar-refractivity contribution in [1.82, 2.24) is 5.43 Å². The van der Waals surface area contributed by atoms with Gasteiger partial charge in [-0.25, -0.2) is 13.2 Å². The van der Waals surface area contributed by atoms with E-state index in [1.165, 1.54) is 6.07 Å². The van der Waals surface area contributed by atoms with Crippen LogP contribution in [-0.2, 0) is 0 Å². The molecule has 2 nitrogen and oxygen atoms in total. The number of rotatable bonds is 4. The molecule has 0 bridgehead atoms. The van der Waals surface area contributed by atoms with E-state index in [4.69, 9.17) is 5.84 Å². The van der Waals surface area contributed by atoms with Crippen LogP contribution in [0.25, 0.3) is 0 Å². The Morgan fingerprint density at radius 3 is 2.50 bits per heavy atom. The molecule has 16 heavy (non-hydrogen) atoms. The van der Waals surface area contributed by atoms with E-state index in [1.807, 2.05) is 0 Å². The molecule has 1 atom stereocenters. The van der Waals surface area contributed by atoms with Crippen molar-refractivity contribution >= 4 is 0 Å². The molecule has 0 saturated heterocycles. The van der Waals surface area contributed by atoms with Crippen molar-refractivity contribution in [1.29, 1.82) is 0 Å². The van der Waals surface area contributed by atoms with Gasteiger partial charge >= 0.3 is 0 Å². The number of hydrogen-bond acceptors (Lipinski definition) is 2. The summed E-state index contributed by atoms with van der Waals surface area (Å²) in [6.07, 6.45) is 0.346. The lowest BCUT2D eigenvalue weighted by atomic mass is 10.00. The summed E-state index contributed by atoms with van der Waals surface area (Å²) in [5, 5.41) is 0. The summed E-state index contributed by atoms with van der Waals surface area (Å²) in [6.45, 7) is 5.39. The highest BCUT2D eigenvalue weighted by molar-refractivity contribution is 5.24. The summed E-state index contributed by atoms with van der Waals surface area (Å²) < 4.78 is 39.1. The van der Waals surface area contributed by atoms with Gasteiger partial charge in [-0.05, 0) is 19.4 Å². The first-order valence-corrected chi connectivity index (χ1v) is 4.71. The van der Waals surface area contributed by atoms with Gasteiger partial charge in [0.05, 0.1) is 6.04 Å². The second-order valence-corrected chi connectivity index (χ2v) is 3.65. The van der Waals surface area contributed by atoms with E-state index in [0.717, 1.165) is 11.6 Å². The van der Waals surface area contributed by atoms with Crippen LogP contribution in [0.15, 0.2) is 24.3 Å². The predicted molar refractivity (Wildman–Crippen MR) is 55.8 cm³/mol. The van der Waals surface area contributed by atoms with E-state index in [2.05, 4.69) is 12.0 Å². The van der Waals surface area contributed by atoms with Crippen molar-refractivity contribution < 1.29 is 13.2 Å². The number of benzene rings is 1. The molecular weight excluding hydrogens is 217 g/mol. The largest absolute Gasteiger partial charge is 0.271 e. The SMILES string of the molecule is C=C(C)CC(NN)c1ccc(F)c(F)c1F. The van der Waals surface area contributed by atoms with Crippen LogP contribution in [0.5, 0.6) is 0 Å². The number of hydrazine groups is 1. The van der Waals surface area contributed by atoms with E-state index in [-0.39, 0.29) is 5.56 Å². The van der Waals surface area contributed by atoms with Crippen LogP contribution in [0.4, 0.5) is 13.2 Å². The van der Waals surface area contributed by atoms with Crippen LogP contribution in [0.3, 0.4) is 0 Å². The van der Waals surface area contributed by atoms with Crippen LogP contribution in [-0.4, -0.2) is 0 Å². The minimum absolute atomic E-state index is 0.00981. The third-order valence-electron chi connectivity index (χ3n) is 2.19. The highest BCUT2D eigenvalue weighted by atomic mass is 19.2. The van der Waals surface area contributed by atoms with E-state index in [1.54, 1.807) is 6.92 Å². The van der Waals surface area contributed by atoms with Crippen molar-refractivity contribution in [2.24, 2.45) is 5.84 Å². The Balaban J connectivity index is 3.11. The molecule has 0 spiro atoms. The van der Waals surface area contributed by atoms with Gasteiger partial charge in [0.1, 0.15) is 0 Å². The molecule has 0 aliphatic carbocycles. The molecule has 5 heteroatoms. The summed E-state index contributed by atoms with van der Waals surface area (Å²) in [7, 11) is 0. The normalized spacial score (nSPS) is 12.6. The summed E-state index contributed by atoms with van der Waals surface area (Å²) in [5.74, 6) is 1.32. The minimum Gasteiger partial charge on any atom is -0.271 e. The zero-order valence-electron chi connectivity index (χ0n) is 8.86. The fourth-order valence-corrected chi connectivity index (χ4v) is 1.42. The summed E-state index contributed by atoms with van der Waals surface area (Å²) in [5.41, 5.74) is 3.09. The second kappa shape index (κ2) is 5.14. The lowest BCUT2D eigenvalue weighted by Crippen LogP contribution is -2.29. The Kier molecular flexibility index (Phi) is 4.09. The maximum atomic E-state index is 13.4. The fourth-order valence-electron chi connectivity index (χ4n) is 1.42. The summed E-state index contributed by atoms with van der Waals surface area (Å²) in [6, 6.07) is 1.42. The lowest BCUT2D eigenvalue weighted by molar-refractivity contribution is 0.424. The van der Waals surface area contributed by atoms with Crippen molar-refractivity contribution in [2.45, 2.75) is 19.4 Å². The quantitative estimate of drug-likeness (QED) is 0.361. The van der Waals surface area contributed by atoms with Gasteiger partial charge in [0.2, 0.25) is 0 Å². The number of nitrogens with one attached hydrogen (secondary N) is 1. The molecule has 1 rings (SSSR count). The molecule has 0 aliphatic rings. The maximum absolute atomic E-state index is 13.4. The highest BCUT2D eigenvalue weighted by Crippen LogP contribution is 2.24. The van der Waals surface area contributed by atoms with Gasteiger partial charge in [-0.2, -0.15) is 0 Å². The van der Waals surface area contributed by atoms with E-state index in [0.29, 0.717) is 6.42 Å². The van der Waals surface area contributed by atoms with Crippen LogP contribution in [0.2, 0.25) is 0 Å². The van der Waals surface area contributed by atoms with Gasteiger partial charge in [-0.1, -0.05) is 11.6 Å². The van der Waals surface area contributed by atoms with Crippen molar-refractivity contribution in [3.05, 3.63) is 47.3 Å². The molecule has 1 aromatic rings. The molecule has 0 aliphatic heterocycles. The van der Waals surface area contributed by atoms with Gasteiger partial charge in [0, 0.05) is 5.56 Å². The topological polar surface area (TPSA) is 38.0 Å². The molecule has 0 saturated carbocycles. The third-order valence-corrected chi connectivity index (χ3v) is 2.19. The Morgan fingerprint density at radius 1 is 1.38 bits per heavy atom. The van der Waals surface area contributed by atoms with Gasteiger partial charge in [-0.3, -0.25) is 11.3 Å². The maximum Gasteiger partial charge on any atom is 0.194 e. The van der Waals surface area contributed by atoms with Crippen LogP contribution in [0, 0.1) is 17.5 Å². The monoisotopic (exact) mass is 230 g/mol. The van der Waals surface area contributed by atoms with Crippen LogP contribution in [0.1, 0.15) is 24.9 Å². The van der Waals surface area contributed by atoms with Gasteiger partial charge in [0.15, 0.2) is 17.5 Å². The van der Waals surface area contributed by atoms with Crippen molar-refractivity contribution in [3.63, 3.8) is 0 Å². The highest BCUT2D eigenvalue weighted by Gasteiger charge is 2.19. The smallest absolute Gasteiger partial charge is 0.194 e. The molecule has 1 aromatic carbocycles. The number of hydrogen-bond donors (Lipinski definition) is 2. The Labute approximate surface area is 91.9 Å². The molecule has 0 heterocycles. The van der Waals surface area contributed by atoms with Crippen molar-refractivity contribution in [2.75, 3.05) is 0 Å². The average molecular weight is 230 g/mol. The molecule has 0 fully saturated rings. The first-order valence-electron chi connectivity index (χ1n) is 4.71.